The topological polar surface area (TPSA) is 108 Å². The van der Waals surface area contributed by atoms with Crippen molar-refractivity contribution in [2.24, 2.45) is 5.10 Å². The molecule has 1 amide bonds. The highest BCUT2D eigenvalue weighted by atomic mass is 16.6. The minimum Gasteiger partial charge on any atom is -0.497 e. The molecule has 9 nitrogen and oxygen atoms in total. The van der Waals surface area contributed by atoms with Gasteiger partial charge in [-0.05, 0) is 77.9 Å². The molecule has 0 saturated heterocycles. The molecule has 5 rings (SSSR count). The van der Waals surface area contributed by atoms with Gasteiger partial charge >= 0.3 is 5.97 Å². The number of fused-ring (bicyclic) bond motifs is 1. The summed E-state index contributed by atoms with van der Waals surface area (Å²) in [4.78, 5) is 29.5. The van der Waals surface area contributed by atoms with Gasteiger partial charge in [0.15, 0.2) is 11.5 Å². The van der Waals surface area contributed by atoms with Crippen molar-refractivity contribution in [3.63, 3.8) is 0 Å². The molecule has 4 aromatic carbocycles. The summed E-state index contributed by atoms with van der Waals surface area (Å²) in [6.45, 7) is 0.336. The zero-order chi connectivity index (χ0) is 29.3. The fraction of sp³-hybridized carbons (Fsp3) is 0.0909. The zero-order valence-electron chi connectivity index (χ0n) is 22.9. The van der Waals surface area contributed by atoms with E-state index in [2.05, 4.69) is 15.5 Å². The number of hydrazone groups is 1. The number of hydrogen-bond acceptors (Lipinski definition) is 8. The first-order valence-corrected chi connectivity index (χ1v) is 13.0. The van der Waals surface area contributed by atoms with E-state index >= 15 is 0 Å². The average Bonchev–Trinajstić information content (AvgIpc) is 3.04. The average molecular weight is 562 g/mol. The molecule has 0 atom stereocenters. The van der Waals surface area contributed by atoms with E-state index in [0.717, 1.165) is 16.5 Å². The van der Waals surface area contributed by atoms with Crippen LogP contribution in [0.2, 0.25) is 0 Å². The third-order valence-electron chi connectivity index (χ3n) is 6.30. The number of aromatic nitrogens is 1. The van der Waals surface area contributed by atoms with Gasteiger partial charge in [-0.25, -0.2) is 10.2 Å². The second kappa shape index (κ2) is 13.1. The standard InChI is InChI=1S/C33H27N3O6/c1-39-27-15-13-26(14-16-27)33(38)42-28-17-10-23(19-30(28)40-2)20-35-36-32(37)25-11-8-22(9-12-25)21-41-29-7-3-5-24-6-4-18-34-31(24)29/h3-20H,21H2,1-2H3,(H,36,37)/b35-20+. The lowest BCUT2D eigenvalue weighted by atomic mass is 10.1. The van der Waals surface area contributed by atoms with Crippen LogP contribution in [-0.2, 0) is 6.61 Å². The lowest BCUT2D eigenvalue weighted by Gasteiger charge is -2.10. The van der Waals surface area contributed by atoms with E-state index in [1.807, 2.05) is 42.5 Å². The molecular formula is C33H27N3O6. The van der Waals surface area contributed by atoms with Crippen LogP contribution < -0.4 is 24.4 Å². The van der Waals surface area contributed by atoms with Crippen molar-refractivity contribution in [2.75, 3.05) is 14.2 Å². The summed E-state index contributed by atoms with van der Waals surface area (Å²) in [6, 6.07) is 28.2. The number of esters is 1. The summed E-state index contributed by atoms with van der Waals surface area (Å²) in [5.41, 5.74) is 5.67. The lowest BCUT2D eigenvalue weighted by molar-refractivity contribution is 0.0729. The maximum atomic E-state index is 12.6. The number of amides is 1. The summed E-state index contributed by atoms with van der Waals surface area (Å²) in [6.07, 6.45) is 3.20. The lowest BCUT2D eigenvalue weighted by Crippen LogP contribution is -2.17. The van der Waals surface area contributed by atoms with Crippen LogP contribution in [0.5, 0.6) is 23.0 Å². The molecule has 210 valence electrons. The molecule has 0 aliphatic rings. The molecule has 5 aromatic rings. The Morgan fingerprint density at radius 2 is 1.57 bits per heavy atom. The number of ether oxygens (including phenoxy) is 4. The predicted octanol–water partition coefficient (Wildman–Crippen LogP) is 5.81. The van der Waals surface area contributed by atoms with Crippen molar-refractivity contribution < 1.29 is 28.5 Å². The zero-order valence-corrected chi connectivity index (χ0v) is 22.9. The largest absolute Gasteiger partial charge is 0.497 e. The molecule has 1 N–H and O–H groups in total. The molecule has 9 heteroatoms. The van der Waals surface area contributed by atoms with E-state index in [1.54, 1.807) is 67.9 Å². The Labute approximate surface area is 242 Å². The van der Waals surface area contributed by atoms with Gasteiger partial charge in [0, 0.05) is 17.1 Å². The Hall–Kier alpha value is -5.70. The number of para-hydroxylation sites is 1. The van der Waals surface area contributed by atoms with Gasteiger partial charge in [-0.2, -0.15) is 5.10 Å². The normalized spacial score (nSPS) is 10.8. The molecule has 0 saturated carbocycles. The number of hydrogen-bond donors (Lipinski definition) is 1. The van der Waals surface area contributed by atoms with E-state index < -0.39 is 5.97 Å². The molecule has 1 heterocycles. The van der Waals surface area contributed by atoms with Crippen LogP contribution in [0.4, 0.5) is 0 Å². The second-order valence-corrected chi connectivity index (χ2v) is 9.04. The third-order valence-corrected chi connectivity index (χ3v) is 6.30. The summed E-state index contributed by atoms with van der Waals surface area (Å²) in [5.74, 6) is 1.02. The van der Waals surface area contributed by atoms with Crippen molar-refractivity contribution in [2.45, 2.75) is 6.61 Å². The Bertz CT molecular complexity index is 1730. The van der Waals surface area contributed by atoms with Crippen molar-refractivity contribution in [3.05, 3.63) is 126 Å². The molecule has 0 fully saturated rings. The van der Waals surface area contributed by atoms with Crippen molar-refractivity contribution in [1.82, 2.24) is 10.4 Å². The Balaban J connectivity index is 1.15. The van der Waals surface area contributed by atoms with Crippen LogP contribution in [-0.4, -0.2) is 37.3 Å². The van der Waals surface area contributed by atoms with E-state index in [-0.39, 0.29) is 11.7 Å². The molecule has 0 spiro atoms. The molecule has 0 unspecified atom stereocenters. The number of nitrogens with one attached hydrogen (secondary N) is 1. The Morgan fingerprint density at radius 1 is 0.810 bits per heavy atom. The number of rotatable bonds is 10. The first kappa shape index (κ1) is 27.9. The summed E-state index contributed by atoms with van der Waals surface area (Å²) in [5, 5.41) is 5.05. The fourth-order valence-corrected chi connectivity index (χ4v) is 4.07. The molecule has 42 heavy (non-hydrogen) atoms. The summed E-state index contributed by atoms with van der Waals surface area (Å²) in [7, 11) is 3.02. The van der Waals surface area contributed by atoms with Gasteiger partial charge in [-0.3, -0.25) is 9.78 Å². The van der Waals surface area contributed by atoms with Gasteiger partial charge in [0.05, 0.1) is 26.0 Å². The van der Waals surface area contributed by atoms with E-state index in [1.165, 1.54) is 13.3 Å². The van der Waals surface area contributed by atoms with Gasteiger partial charge in [-0.15, -0.1) is 0 Å². The van der Waals surface area contributed by atoms with Gasteiger partial charge in [0.1, 0.15) is 23.6 Å². The molecular weight excluding hydrogens is 534 g/mol. The monoisotopic (exact) mass is 561 g/mol. The van der Waals surface area contributed by atoms with Crippen molar-refractivity contribution in [1.29, 1.82) is 0 Å². The number of carbonyl (C=O) groups excluding carboxylic acids is 2. The minimum atomic E-state index is -0.534. The van der Waals surface area contributed by atoms with Gasteiger partial charge in [0.2, 0.25) is 0 Å². The van der Waals surface area contributed by atoms with E-state index in [9.17, 15) is 9.59 Å². The SMILES string of the molecule is COc1ccc(C(=O)Oc2ccc(/C=N/NC(=O)c3ccc(COc4cccc5cccnc45)cc3)cc2OC)cc1. The Kier molecular flexibility index (Phi) is 8.69. The molecule has 0 aliphatic carbocycles. The van der Waals surface area contributed by atoms with E-state index in [0.29, 0.717) is 40.5 Å². The van der Waals surface area contributed by atoms with Gasteiger partial charge in [0.25, 0.3) is 5.91 Å². The quantitative estimate of drug-likeness (QED) is 0.0992. The maximum absolute atomic E-state index is 12.6. The van der Waals surface area contributed by atoms with Gasteiger partial charge in [-0.1, -0.05) is 30.3 Å². The van der Waals surface area contributed by atoms with Crippen molar-refractivity contribution in [3.8, 4) is 23.0 Å². The smallest absolute Gasteiger partial charge is 0.343 e. The summed E-state index contributed by atoms with van der Waals surface area (Å²) < 4.78 is 21.9. The number of pyridine rings is 1. The van der Waals surface area contributed by atoms with Crippen LogP contribution in [0.15, 0.2) is 108 Å². The van der Waals surface area contributed by atoms with E-state index in [4.69, 9.17) is 18.9 Å². The number of nitrogens with zero attached hydrogens (tertiary/aromatic N) is 2. The third kappa shape index (κ3) is 6.71. The number of methoxy groups -OCH3 is 2. The fourth-order valence-electron chi connectivity index (χ4n) is 4.07. The van der Waals surface area contributed by atoms with Crippen molar-refractivity contribution >= 4 is 29.0 Å². The summed E-state index contributed by atoms with van der Waals surface area (Å²) >= 11 is 0. The maximum Gasteiger partial charge on any atom is 0.343 e. The minimum absolute atomic E-state index is 0.250. The number of carbonyl (C=O) groups is 2. The van der Waals surface area contributed by atoms with Crippen LogP contribution in [0.3, 0.4) is 0 Å². The highest BCUT2D eigenvalue weighted by molar-refractivity contribution is 5.95. The van der Waals surface area contributed by atoms with Gasteiger partial charge < -0.3 is 18.9 Å². The first-order valence-electron chi connectivity index (χ1n) is 13.0. The van der Waals surface area contributed by atoms with Crippen LogP contribution in [0.1, 0.15) is 31.8 Å². The number of benzene rings is 4. The molecule has 1 aromatic heterocycles. The van der Waals surface area contributed by atoms with Crippen LogP contribution in [0.25, 0.3) is 10.9 Å². The van der Waals surface area contributed by atoms with Crippen LogP contribution in [0, 0.1) is 0 Å². The first-order chi connectivity index (χ1) is 20.5. The molecule has 0 bridgehead atoms. The molecule has 0 radical (unpaired) electrons. The predicted molar refractivity (Wildman–Crippen MR) is 159 cm³/mol. The Morgan fingerprint density at radius 3 is 2.33 bits per heavy atom. The highest BCUT2D eigenvalue weighted by Gasteiger charge is 2.13. The molecule has 0 aliphatic heterocycles. The second-order valence-electron chi connectivity index (χ2n) is 9.04. The van der Waals surface area contributed by atoms with Crippen LogP contribution >= 0.6 is 0 Å². The highest BCUT2D eigenvalue weighted by Crippen LogP contribution is 2.29.